The Bertz CT molecular complexity index is 1150. The predicted octanol–water partition coefficient (Wildman–Crippen LogP) is 5.00. The molecule has 4 aromatic carbocycles. The van der Waals surface area contributed by atoms with E-state index in [-0.39, 0.29) is 6.61 Å². The number of likely N-dealkylation sites (N-methyl/N-ethyl adjacent to an activating group) is 1. The van der Waals surface area contributed by atoms with E-state index in [1.165, 1.54) is 0 Å². The van der Waals surface area contributed by atoms with Crippen LogP contribution in [0.25, 0.3) is 0 Å². The molecule has 0 saturated carbocycles. The summed E-state index contributed by atoms with van der Waals surface area (Å²) in [7, 11) is 4.18. The second-order valence-electron chi connectivity index (χ2n) is 10.6. The van der Waals surface area contributed by atoms with E-state index in [2.05, 4.69) is 52.3 Å². The molecule has 4 rings (SSSR count). The summed E-state index contributed by atoms with van der Waals surface area (Å²) in [5, 5.41) is 29.0. The summed E-state index contributed by atoms with van der Waals surface area (Å²) in [6.45, 7) is 3.23. The van der Waals surface area contributed by atoms with Crippen molar-refractivity contribution in [3.8, 4) is 0 Å². The minimum Gasteiger partial charge on any atom is -0.402 e. The normalized spacial score (nSPS) is 11.9. The van der Waals surface area contributed by atoms with E-state index in [1.807, 2.05) is 97.1 Å². The van der Waals surface area contributed by atoms with Gasteiger partial charge in [0.15, 0.2) is 0 Å². The highest BCUT2D eigenvalue weighted by molar-refractivity contribution is 6.33. The van der Waals surface area contributed by atoms with Crippen LogP contribution in [0.3, 0.4) is 0 Å². The second kappa shape index (κ2) is 13.7. The van der Waals surface area contributed by atoms with Gasteiger partial charge in [-0.3, -0.25) is 0 Å². The van der Waals surface area contributed by atoms with Crippen LogP contribution >= 0.6 is 0 Å². The lowest BCUT2D eigenvalue weighted by Crippen LogP contribution is -2.55. The maximum atomic E-state index is 10.3. The Kier molecular flexibility index (Phi) is 10.6. The summed E-state index contributed by atoms with van der Waals surface area (Å²) >= 11 is 0. The molecule has 204 valence electrons. The van der Waals surface area contributed by atoms with Crippen molar-refractivity contribution in [3.63, 3.8) is 0 Å². The van der Waals surface area contributed by atoms with Gasteiger partial charge in [0, 0.05) is 0 Å². The summed E-state index contributed by atoms with van der Waals surface area (Å²) in [6, 6.07) is 40.1. The van der Waals surface area contributed by atoms with Gasteiger partial charge in [-0.2, -0.15) is 0 Å². The third kappa shape index (κ3) is 6.85. The number of nitrogens with zero attached hydrogens (tertiary/aromatic N) is 1. The van der Waals surface area contributed by atoms with Gasteiger partial charge >= 0.3 is 7.32 Å². The van der Waals surface area contributed by atoms with Crippen molar-refractivity contribution in [3.05, 3.63) is 144 Å². The fourth-order valence-electron chi connectivity index (χ4n) is 5.38. The molecule has 0 aliphatic carbocycles. The van der Waals surface area contributed by atoms with E-state index in [9.17, 15) is 10.0 Å². The molecule has 0 fully saturated rings. The average Bonchev–Trinajstić information content (AvgIpc) is 2.95. The molecule has 0 spiro atoms. The average molecular weight is 527 g/mol. The second-order valence-corrected chi connectivity index (χ2v) is 10.6. The topological polar surface area (TPSA) is 69.9 Å². The van der Waals surface area contributed by atoms with Crippen molar-refractivity contribution in [2.24, 2.45) is 0 Å². The SMILES string of the molecule is CCC(c1ccccc1)(c1ccccc1)C(OB(O)O)(c1ccccc1)c1ccccc1.C[N+](C)(C)CCO. The number of benzene rings is 4. The van der Waals surface area contributed by atoms with E-state index >= 15 is 0 Å². The molecule has 39 heavy (non-hydrogen) atoms. The molecule has 0 aliphatic heterocycles. The standard InChI is InChI=1S/C28H27BO3.C5H14NO/c1-2-27(23-15-7-3-8-16-23,24-17-9-4-10-18-24)28(32-29(30)31,25-19-11-5-12-20-25)26-21-13-6-14-22-26;1-6(2,3)4-5-7/h3-22,30-31H,2H2,1H3;7H,4-5H2,1-3H3/q;+1. The van der Waals surface area contributed by atoms with Crippen LogP contribution in [0.5, 0.6) is 0 Å². The van der Waals surface area contributed by atoms with Gasteiger partial charge < -0.3 is 24.3 Å². The van der Waals surface area contributed by atoms with E-state index < -0.39 is 18.3 Å². The zero-order valence-corrected chi connectivity index (χ0v) is 23.4. The third-order valence-electron chi connectivity index (χ3n) is 7.08. The van der Waals surface area contributed by atoms with E-state index in [0.29, 0.717) is 6.42 Å². The molecule has 0 aliphatic rings. The Morgan fingerprint density at radius 2 is 0.949 bits per heavy atom. The Labute approximate surface area is 233 Å². The molecule has 5 nitrogen and oxygen atoms in total. The molecule has 0 aromatic heterocycles. The monoisotopic (exact) mass is 526 g/mol. The van der Waals surface area contributed by atoms with Crippen molar-refractivity contribution in [1.82, 2.24) is 0 Å². The van der Waals surface area contributed by atoms with Crippen LogP contribution in [0.4, 0.5) is 0 Å². The van der Waals surface area contributed by atoms with Gasteiger partial charge in [0.05, 0.1) is 33.2 Å². The molecule has 3 N–H and O–H groups in total. The fourth-order valence-corrected chi connectivity index (χ4v) is 5.38. The van der Waals surface area contributed by atoms with Crippen LogP contribution in [0, 0.1) is 0 Å². The van der Waals surface area contributed by atoms with Crippen LogP contribution in [0.15, 0.2) is 121 Å². The maximum absolute atomic E-state index is 10.3. The first-order valence-electron chi connectivity index (χ1n) is 13.4. The first kappa shape index (κ1) is 30.3. The third-order valence-corrected chi connectivity index (χ3v) is 7.08. The zero-order chi connectivity index (χ0) is 28.4. The molecule has 0 radical (unpaired) electrons. The number of hydrogen-bond donors (Lipinski definition) is 3. The quantitative estimate of drug-likeness (QED) is 0.201. The molecule has 4 aromatic rings. The number of aliphatic hydroxyl groups excluding tert-OH is 1. The largest absolute Gasteiger partial charge is 0.634 e. The highest BCUT2D eigenvalue weighted by Crippen LogP contribution is 2.55. The van der Waals surface area contributed by atoms with E-state index in [4.69, 9.17) is 9.76 Å². The molecule has 0 atom stereocenters. The Morgan fingerprint density at radius 1 is 0.615 bits per heavy atom. The van der Waals surface area contributed by atoms with Gasteiger partial charge in [-0.25, -0.2) is 0 Å². The van der Waals surface area contributed by atoms with Gasteiger partial charge in [0.25, 0.3) is 0 Å². The van der Waals surface area contributed by atoms with Gasteiger partial charge in [-0.1, -0.05) is 128 Å². The van der Waals surface area contributed by atoms with Crippen LogP contribution < -0.4 is 0 Å². The molecule has 0 bridgehead atoms. The summed E-state index contributed by atoms with van der Waals surface area (Å²) in [6.07, 6.45) is 0.650. The minimum atomic E-state index is -1.98. The van der Waals surface area contributed by atoms with Gasteiger partial charge in [-0.15, -0.1) is 0 Å². The number of quaternary nitrogens is 1. The molecular formula is C33H41BNO4+. The highest BCUT2D eigenvalue weighted by atomic mass is 16.6. The molecule has 0 saturated heterocycles. The summed E-state index contributed by atoms with van der Waals surface area (Å²) < 4.78 is 7.13. The van der Waals surface area contributed by atoms with Crippen molar-refractivity contribution in [2.75, 3.05) is 34.3 Å². The smallest absolute Gasteiger partial charge is 0.402 e. The van der Waals surface area contributed by atoms with Crippen LogP contribution in [0.1, 0.15) is 35.6 Å². The molecule has 0 unspecified atom stereocenters. The minimum absolute atomic E-state index is 0.281. The number of aliphatic hydroxyl groups is 1. The Hall–Kier alpha value is -3.26. The van der Waals surface area contributed by atoms with Crippen molar-refractivity contribution < 1.29 is 24.3 Å². The lowest BCUT2D eigenvalue weighted by molar-refractivity contribution is -0.870. The molecular weight excluding hydrogens is 485 g/mol. The molecule has 6 heteroatoms. The Balaban J connectivity index is 0.000000532. The molecule has 0 heterocycles. The van der Waals surface area contributed by atoms with Gasteiger partial charge in [-0.05, 0) is 28.7 Å². The van der Waals surface area contributed by atoms with Crippen molar-refractivity contribution in [2.45, 2.75) is 24.4 Å². The van der Waals surface area contributed by atoms with E-state index in [1.54, 1.807) is 0 Å². The van der Waals surface area contributed by atoms with E-state index in [0.717, 1.165) is 33.3 Å². The van der Waals surface area contributed by atoms with Gasteiger partial charge in [0.1, 0.15) is 12.1 Å². The first-order valence-corrected chi connectivity index (χ1v) is 13.4. The predicted molar refractivity (Wildman–Crippen MR) is 159 cm³/mol. The van der Waals surface area contributed by atoms with Crippen LogP contribution in [-0.2, 0) is 15.7 Å². The fraction of sp³-hybridized carbons (Fsp3) is 0.273. The summed E-state index contributed by atoms with van der Waals surface area (Å²) in [5.41, 5.74) is 1.76. The van der Waals surface area contributed by atoms with Crippen LogP contribution in [0.2, 0.25) is 0 Å². The zero-order valence-electron chi connectivity index (χ0n) is 23.4. The van der Waals surface area contributed by atoms with Crippen LogP contribution in [-0.4, -0.2) is 61.3 Å². The Morgan fingerprint density at radius 3 is 1.18 bits per heavy atom. The summed E-state index contributed by atoms with van der Waals surface area (Å²) in [5.74, 6) is 0. The molecule has 0 amide bonds. The number of hydrogen-bond acceptors (Lipinski definition) is 4. The number of rotatable bonds is 10. The maximum Gasteiger partial charge on any atom is 0.634 e. The first-order chi connectivity index (χ1) is 18.7. The lowest BCUT2D eigenvalue weighted by Gasteiger charge is -2.52. The summed E-state index contributed by atoms with van der Waals surface area (Å²) in [4.78, 5) is 0. The lowest BCUT2D eigenvalue weighted by atomic mass is 9.56. The van der Waals surface area contributed by atoms with Gasteiger partial charge in [0.2, 0.25) is 0 Å². The van der Waals surface area contributed by atoms with Crippen molar-refractivity contribution in [1.29, 1.82) is 0 Å². The highest BCUT2D eigenvalue weighted by Gasteiger charge is 2.57. The van der Waals surface area contributed by atoms with Crippen molar-refractivity contribution >= 4 is 7.32 Å².